The number of rotatable bonds is 1. The van der Waals surface area contributed by atoms with Gasteiger partial charge in [-0.15, -0.1) is 0 Å². The van der Waals surface area contributed by atoms with Crippen LogP contribution in [-0.2, 0) is 0 Å². The van der Waals surface area contributed by atoms with Crippen molar-refractivity contribution in [3.63, 3.8) is 0 Å². The fourth-order valence-electron chi connectivity index (χ4n) is 1.52. The van der Waals surface area contributed by atoms with Gasteiger partial charge < -0.3 is 0 Å². The van der Waals surface area contributed by atoms with Crippen LogP contribution in [0.5, 0.6) is 0 Å². The predicted octanol–water partition coefficient (Wildman–Crippen LogP) is 2.10. The molecule has 0 radical (unpaired) electrons. The van der Waals surface area contributed by atoms with Gasteiger partial charge in [-0.1, -0.05) is 12.1 Å². The highest BCUT2D eigenvalue weighted by molar-refractivity contribution is 5.62. The van der Waals surface area contributed by atoms with Gasteiger partial charge in [0.05, 0.1) is 0 Å². The Bertz CT molecular complexity index is 400. The van der Waals surface area contributed by atoms with E-state index >= 15 is 0 Å². The molecule has 1 aromatic rings. The predicted molar refractivity (Wildman–Crippen MR) is 58.2 cm³/mol. The first-order valence-electron chi connectivity index (χ1n) is 4.76. The van der Waals surface area contributed by atoms with Gasteiger partial charge in [0.25, 0.3) is 0 Å². The summed E-state index contributed by atoms with van der Waals surface area (Å²) in [5, 5.41) is 0. The second-order valence-corrected chi connectivity index (χ2v) is 3.11. The van der Waals surface area contributed by atoms with E-state index in [4.69, 9.17) is 0 Å². The molecule has 0 aliphatic carbocycles. The van der Waals surface area contributed by atoms with Crippen molar-refractivity contribution in [1.82, 2.24) is 4.98 Å². The van der Waals surface area contributed by atoms with Crippen molar-refractivity contribution < 1.29 is 4.58 Å². The van der Waals surface area contributed by atoms with Crippen LogP contribution in [-0.4, -0.2) is 22.3 Å². The average molecular weight is 185 g/mol. The van der Waals surface area contributed by atoms with Crippen molar-refractivity contribution >= 4 is 11.9 Å². The van der Waals surface area contributed by atoms with Crippen molar-refractivity contribution in [1.29, 1.82) is 0 Å². The van der Waals surface area contributed by atoms with Gasteiger partial charge >= 0.3 is 0 Å². The Morgan fingerprint density at radius 3 is 3.07 bits per heavy atom. The maximum Gasteiger partial charge on any atom is 0.231 e. The second-order valence-electron chi connectivity index (χ2n) is 3.11. The fourth-order valence-corrected chi connectivity index (χ4v) is 1.52. The molecule has 2 heterocycles. The molecule has 14 heavy (non-hydrogen) atoms. The van der Waals surface area contributed by atoms with Crippen LogP contribution < -0.4 is 0 Å². The van der Waals surface area contributed by atoms with Crippen molar-refractivity contribution in [2.45, 2.75) is 6.92 Å². The zero-order valence-corrected chi connectivity index (χ0v) is 8.22. The molecule has 0 atom stereocenters. The van der Waals surface area contributed by atoms with E-state index in [0.29, 0.717) is 0 Å². The summed E-state index contributed by atoms with van der Waals surface area (Å²) in [7, 11) is 0. The molecule has 0 bridgehead atoms. The zero-order valence-electron chi connectivity index (χ0n) is 8.22. The fraction of sp³-hybridized carbons (Fsp3) is 0.167. The minimum Gasteiger partial charge on any atom is -0.250 e. The number of aromatic nitrogens is 1. The highest BCUT2D eigenvalue weighted by Gasteiger charge is 2.15. The van der Waals surface area contributed by atoms with Crippen LogP contribution in [0.15, 0.2) is 42.6 Å². The van der Waals surface area contributed by atoms with Gasteiger partial charge in [0.2, 0.25) is 5.70 Å². The number of pyridine rings is 1. The van der Waals surface area contributed by atoms with E-state index in [1.165, 1.54) is 0 Å². The Balaban J connectivity index is 2.43. The Morgan fingerprint density at radius 1 is 1.43 bits per heavy atom. The summed E-state index contributed by atoms with van der Waals surface area (Å²) in [5.41, 5.74) is 2.19. The molecule has 0 saturated carbocycles. The lowest BCUT2D eigenvalue weighted by molar-refractivity contribution is -0.416. The van der Waals surface area contributed by atoms with E-state index in [2.05, 4.69) is 34.0 Å². The van der Waals surface area contributed by atoms with E-state index in [1.807, 2.05) is 31.3 Å². The molecule has 2 nitrogen and oxygen atoms in total. The lowest BCUT2D eigenvalue weighted by atomic mass is 10.2. The van der Waals surface area contributed by atoms with Gasteiger partial charge in [0.15, 0.2) is 6.54 Å². The molecular weight excluding hydrogens is 172 g/mol. The van der Waals surface area contributed by atoms with Gasteiger partial charge in [-0.25, -0.2) is 4.98 Å². The van der Waals surface area contributed by atoms with E-state index in [-0.39, 0.29) is 0 Å². The molecular formula is C12H13N2+. The van der Waals surface area contributed by atoms with Gasteiger partial charge in [-0.3, -0.25) is 0 Å². The third-order valence-corrected chi connectivity index (χ3v) is 2.24. The molecule has 0 amide bonds. The van der Waals surface area contributed by atoms with Crippen LogP contribution in [0.1, 0.15) is 12.6 Å². The summed E-state index contributed by atoms with van der Waals surface area (Å²) in [6.07, 6.45) is 10.2. The molecule has 2 rings (SSSR count). The second kappa shape index (κ2) is 4.01. The molecule has 0 aromatic carbocycles. The van der Waals surface area contributed by atoms with Crippen LogP contribution in [0.4, 0.5) is 0 Å². The topological polar surface area (TPSA) is 15.9 Å². The molecule has 0 saturated heterocycles. The minimum absolute atomic E-state index is 0.929. The first-order chi connectivity index (χ1) is 6.92. The lowest BCUT2D eigenvalue weighted by Crippen LogP contribution is -2.14. The molecule has 1 aliphatic heterocycles. The summed E-state index contributed by atoms with van der Waals surface area (Å²) in [4.78, 5) is 4.34. The van der Waals surface area contributed by atoms with Gasteiger partial charge in [0, 0.05) is 19.2 Å². The van der Waals surface area contributed by atoms with E-state index in [1.54, 1.807) is 0 Å². The third kappa shape index (κ3) is 1.64. The Morgan fingerprint density at radius 2 is 2.36 bits per heavy atom. The highest BCUT2D eigenvalue weighted by atomic mass is 15.0. The maximum absolute atomic E-state index is 4.34. The number of hydrogen-bond donors (Lipinski definition) is 0. The van der Waals surface area contributed by atoms with Crippen LogP contribution in [0.2, 0.25) is 0 Å². The van der Waals surface area contributed by atoms with Crippen LogP contribution in [0.3, 0.4) is 0 Å². The normalized spacial score (nSPS) is 18.4. The average Bonchev–Trinajstić information content (AvgIpc) is 2.30. The van der Waals surface area contributed by atoms with Crippen LogP contribution >= 0.6 is 0 Å². The summed E-state index contributed by atoms with van der Waals surface area (Å²) in [6.45, 7) is 2.97. The lowest BCUT2D eigenvalue weighted by Gasteiger charge is -2.06. The smallest absolute Gasteiger partial charge is 0.231 e. The molecule has 0 spiro atoms. The number of hydrogen-bond acceptors (Lipinski definition) is 1. The summed E-state index contributed by atoms with van der Waals surface area (Å²) in [5.74, 6) is 0. The molecule has 0 N–H and O–H groups in total. The zero-order chi connectivity index (χ0) is 9.80. The first-order valence-corrected chi connectivity index (χ1v) is 4.76. The van der Waals surface area contributed by atoms with Crippen molar-refractivity contribution in [3.8, 4) is 0 Å². The third-order valence-electron chi connectivity index (χ3n) is 2.24. The highest BCUT2D eigenvalue weighted by Crippen LogP contribution is 2.15. The Labute approximate surface area is 83.9 Å². The molecule has 1 aliphatic rings. The van der Waals surface area contributed by atoms with Gasteiger partial charge in [-0.05, 0) is 18.2 Å². The van der Waals surface area contributed by atoms with Crippen LogP contribution in [0.25, 0.3) is 5.70 Å². The monoisotopic (exact) mass is 185 g/mol. The molecule has 0 unspecified atom stereocenters. The molecule has 0 fully saturated rings. The molecule has 70 valence electrons. The molecule has 2 heteroatoms. The minimum atomic E-state index is 0.929. The van der Waals surface area contributed by atoms with Crippen LogP contribution in [0, 0.1) is 0 Å². The number of nitrogens with zero attached hydrogens (tertiary/aromatic N) is 2. The van der Waals surface area contributed by atoms with E-state index < -0.39 is 0 Å². The molecule has 1 aromatic heterocycles. The first kappa shape index (κ1) is 8.88. The largest absolute Gasteiger partial charge is 0.250 e. The Kier molecular flexibility index (Phi) is 2.54. The van der Waals surface area contributed by atoms with Crippen molar-refractivity contribution in [2.24, 2.45) is 0 Å². The summed E-state index contributed by atoms with van der Waals surface area (Å²) in [6, 6.07) is 5.97. The van der Waals surface area contributed by atoms with Crippen molar-refractivity contribution in [3.05, 3.63) is 48.3 Å². The van der Waals surface area contributed by atoms with E-state index in [0.717, 1.165) is 17.9 Å². The van der Waals surface area contributed by atoms with Gasteiger partial charge in [-0.2, -0.15) is 4.58 Å². The summed E-state index contributed by atoms with van der Waals surface area (Å²) >= 11 is 0. The summed E-state index contributed by atoms with van der Waals surface area (Å²) < 4.78 is 2.18. The SMILES string of the molecule is CC=[N+]1CC=CC=C1c1ccccn1. The quantitative estimate of drug-likeness (QED) is 0.612. The number of allylic oxidation sites excluding steroid dienone is 2. The van der Waals surface area contributed by atoms with Crippen molar-refractivity contribution in [2.75, 3.05) is 6.54 Å². The maximum atomic E-state index is 4.34. The standard InChI is InChI=1S/C12H13N2/c1-2-14-10-6-4-8-12(14)11-7-3-5-9-13-11/h2-9H,10H2,1H3/q+1. The van der Waals surface area contributed by atoms with E-state index in [9.17, 15) is 0 Å². The Hall–Kier alpha value is -1.70. The van der Waals surface area contributed by atoms with Gasteiger partial charge in [0.1, 0.15) is 11.9 Å².